The lowest BCUT2D eigenvalue weighted by Gasteiger charge is -2.29. The molecule has 0 saturated carbocycles. The second-order valence-electron chi connectivity index (χ2n) is 5.43. The van der Waals surface area contributed by atoms with Gasteiger partial charge in [0.05, 0.1) is 14.2 Å². The first-order chi connectivity index (χ1) is 10.6. The van der Waals surface area contributed by atoms with Crippen LogP contribution in [0.4, 0.5) is 0 Å². The van der Waals surface area contributed by atoms with E-state index < -0.39 is 0 Å². The van der Waals surface area contributed by atoms with Crippen LogP contribution in [-0.4, -0.2) is 44.7 Å². The first kappa shape index (κ1) is 16.6. The van der Waals surface area contributed by atoms with Gasteiger partial charge in [0.2, 0.25) is 5.91 Å². The summed E-state index contributed by atoms with van der Waals surface area (Å²) < 4.78 is 10.8. The number of benzene rings is 1. The number of fused-ring (bicyclic) bond motifs is 1. The second-order valence-corrected chi connectivity index (χ2v) is 5.43. The Morgan fingerprint density at radius 3 is 2.45 bits per heavy atom. The third-order valence-electron chi connectivity index (χ3n) is 4.30. The van der Waals surface area contributed by atoms with E-state index in [4.69, 9.17) is 9.47 Å². The lowest BCUT2D eigenvalue weighted by molar-refractivity contribution is -0.131. The molecule has 0 aliphatic carbocycles. The zero-order valence-corrected chi connectivity index (χ0v) is 13.9. The Bertz CT molecular complexity index is 527. The van der Waals surface area contributed by atoms with Crippen LogP contribution >= 0.6 is 0 Å². The molecule has 0 saturated heterocycles. The lowest BCUT2D eigenvalue weighted by Crippen LogP contribution is -2.37. The number of nitrogens with one attached hydrogen (secondary N) is 1. The molecule has 1 heterocycles. The zero-order valence-electron chi connectivity index (χ0n) is 13.9. The Balaban J connectivity index is 2.26. The number of hydrogen-bond acceptors (Lipinski definition) is 4. The third-order valence-corrected chi connectivity index (χ3v) is 4.30. The number of ether oxygens (including phenoxy) is 2. The van der Waals surface area contributed by atoms with Crippen LogP contribution in [0.15, 0.2) is 12.1 Å². The number of methoxy groups -OCH3 is 2. The van der Waals surface area contributed by atoms with Crippen molar-refractivity contribution in [3.05, 3.63) is 23.3 Å². The number of carbonyl (C=O) groups is 1. The predicted molar refractivity (Wildman–Crippen MR) is 86.5 cm³/mol. The summed E-state index contributed by atoms with van der Waals surface area (Å²) in [6.45, 7) is 6.40. The second kappa shape index (κ2) is 7.49. The number of rotatable bonds is 6. The van der Waals surface area contributed by atoms with E-state index in [-0.39, 0.29) is 11.9 Å². The van der Waals surface area contributed by atoms with Gasteiger partial charge in [-0.3, -0.25) is 4.79 Å². The van der Waals surface area contributed by atoms with E-state index in [9.17, 15) is 4.79 Å². The van der Waals surface area contributed by atoms with Crippen LogP contribution in [0.2, 0.25) is 0 Å². The molecule has 1 amide bonds. The molecule has 0 radical (unpaired) electrons. The fourth-order valence-corrected chi connectivity index (χ4v) is 3.03. The van der Waals surface area contributed by atoms with Crippen molar-refractivity contribution >= 4 is 5.91 Å². The van der Waals surface area contributed by atoms with Crippen molar-refractivity contribution < 1.29 is 14.3 Å². The van der Waals surface area contributed by atoms with Crippen molar-refractivity contribution in [1.29, 1.82) is 0 Å². The number of hydrogen-bond donors (Lipinski definition) is 1. The van der Waals surface area contributed by atoms with E-state index in [2.05, 4.69) is 5.32 Å². The van der Waals surface area contributed by atoms with Crippen LogP contribution in [0.3, 0.4) is 0 Å². The SMILES string of the molecule is CCN(CC)C(=O)CC1NCCc2cc(OC)c(OC)cc21. The van der Waals surface area contributed by atoms with Gasteiger partial charge in [-0.15, -0.1) is 0 Å². The molecule has 0 spiro atoms. The van der Waals surface area contributed by atoms with Crippen LogP contribution in [0.25, 0.3) is 0 Å². The minimum atomic E-state index is 0.0386. The highest BCUT2D eigenvalue weighted by Crippen LogP contribution is 2.36. The Morgan fingerprint density at radius 2 is 1.86 bits per heavy atom. The minimum absolute atomic E-state index is 0.0386. The van der Waals surface area contributed by atoms with E-state index in [0.717, 1.165) is 37.4 Å². The highest BCUT2D eigenvalue weighted by molar-refractivity contribution is 5.77. The van der Waals surface area contributed by atoms with Gasteiger partial charge in [-0.2, -0.15) is 0 Å². The fourth-order valence-electron chi connectivity index (χ4n) is 3.03. The predicted octanol–water partition coefficient (Wildman–Crippen LogP) is 2.15. The average Bonchev–Trinajstić information content (AvgIpc) is 2.55. The molecule has 22 heavy (non-hydrogen) atoms. The van der Waals surface area contributed by atoms with E-state index in [1.807, 2.05) is 30.9 Å². The van der Waals surface area contributed by atoms with Crippen molar-refractivity contribution in [3.8, 4) is 11.5 Å². The zero-order chi connectivity index (χ0) is 16.1. The van der Waals surface area contributed by atoms with Crippen molar-refractivity contribution in [1.82, 2.24) is 10.2 Å². The molecule has 1 atom stereocenters. The van der Waals surface area contributed by atoms with Gasteiger partial charge in [0.15, 0.2) is 11.5 Å². The van der Waals surface area contributed by atoms with E-state index in [1.165, 1.54) is 5.56 Å². The molecule has 5 heteroatoms. The summed E-state index contributed by atoms with van der Waals surface area (Å²) in [7, 11) is 3.28. The summed E-state index contributed by atoms with van der Waals surface area (Å²) in [5.74, 6) is 1.65. The van der Waals surface area contributed by atoms with Crippen molar-refractivity contribution in [2.24, 2.45) is 0 Å². The monoisotopic (exact) mass is 306 g/mol. The standard InChI is InChI=1S/C17H26N2O3/c1-5-19(6-2)17(20)11-14-13-10-16(22-4)15(21-3)9-12(13)7-8-18-14/h9-10,14,18H,5-8,11H2,1-4H3. The Hall–Kier alpha value is -1.75. The van der Waals surface area contributed by atoms with Gasteiger partial charge in [-0.1, -0.05) is 0 Å². The minimum Gasteiger partial charge on any atom is -0.493 e. The number of nitrogens with zero attached hydrogens (tertiary/aromatic N) is 1. The molecule has 5 nitrogen and oxygen atoms in total. The van der Waals surface area contributed by atoms with Crippen LogP contribution in [-0.2, 0) is 11.2 Å². The molecule has 2 rings (SSSR count). The maximum atomic E-state index is 12.4. The molecule has 1 aliphatic heterocycles. The van der Waals surface area contributed by atoms with Crippen LogP contribution in [0.1, 0.15) is 37.4 Å². The maximum Gasteiger partial charge on any atom is 0.224 e. The summed E-state index contributed by atoms with van der Waals surface area (Å²) in [4.78, 5) is 14.3. The molecular weight excluding hydrogens is 280 g/mol. The van der Waals surface area contributed by atoms with Gasteiger partial charge in [0.1, 0.15) is 0 Å². The van der Waals surface area contributed by atoms with Gasteiger partial charge in [-0.05, 0) is 50.1 Å². The summed E-state index contributed by atoms with van der Waals surface area (Å²) in [6.07, 6.45) is 1.41. The normalized spacial score (nSPS) is 16.8. The Kier molecular flexibility index (Phi) is 5.66. The third kappa shape index (κ3) is 3.35. The lowest BCUT2D eigenvalue weighted by atomic mass is 9.91. The smallest absolute Gasteiger partial charge is 0.224 e. The Labute approximate surface area is 132 Å². The molecule has 1 aromatic rings. The summed E-state index contributed by atoms with van der Waals surface area (Å²) in [6, 6.07) is 4.07. The first-order valence-electron chi connectivity index (χ1n) is 7.90. The largest absolute Gasteiger partial charge is 0.493 e. The van der Waals surface area contributed by atoms with Crippen molar-refractivity contribution in [2.75, 3.05) is 33.9 Å². The highest BCUT2D eigenvalue weighted by atomic mass is 16.5. The molecule has 0 aromatic heterocycles. The van der Waals surface area contributed by atoms with Crippen molar-refractivity contribution in [3.63, 3.8) is 0 Å². The van der Waals surface area contributed by atoms with Crippen molar-refractivity contribution in [2.45, 2.75) is 32.7 Å². The molecule has 0 bridgehead atoms. The first-order valence-corrected chi connectivity index (χ1v) is 7.90. The van der Waals surface area contributed by atoms with E-state index in [0.29, 0.717) is 12.2 Å². The summed E-state index contributed by atoms with van der Waals surface area (Å²) in [5.41, 5.74) is 2.37. The van der Waals surface area contributed by atoms with Crippen LogP contribution in [0, 0.1) is 0 Å². The topological polar surface area (TPSA) is 50.8 Å². The molecule has 1 aromatic carbocycles. The molecule has 0 fully saturated rings. The molecule has 122 valence electrons. The number of amides is 1. The highest BCUT2D eigenvalue weighted by Gasteiger charge is 2.25. The molecular formula is C17H26N2O3. The molecule has 1 unspecified atom stereocenters. The van der Waals surface area contributed by atoms with E-state index >= 15 is 0 Å². The van der Waals surface area contributed by atoms with E-state index in [1.54, 1.807) is 14.2 Å². The fraction of sp³-hybridized carbons (Fsp3) is 0.588. The quantitative estimate of drug-likeness (QED) is 0.875. The average molecular weight is 306 g/mol. The number of carbonyl (C=O) groups excluding carboxylic acids is 1. The van der Waals surface area contributed by atoms with Gasteiger partial charge in [-0.25, -0.2) is 0 Å². The van der Waals surface area contributed by atoms with Gasteiger partial charge in [0.25, 0.3) is 0 Å². The van der Waals surface area contributed by atoms with Gasteiger partial charge in [0, 0.05) is 25.6 Å². The summed E-state index contributed by atoms with van der Waals surface area (Å²) >= 11 is 0. The Morgan fingerprint density at radius 1 is 1.23 bits per heavy atom. The summed E-state index contributed by atoms with van der Waals surface area (Å²) in [5, 5.41) is 3.45. The molecule has 1 aliphatic rings. The van der Waals surface area contributed by atoms with Crippen LogP contribution < -0.4 is 14.8 Å². The van der Waals surface area contributed by atoms with Crippen LogP contribution in [0.5, 0.6) is 11.5 Å². The molecule has 1 N–H and O–H groups in total. The van der Waals surface area contributed by atoms with Gasteiger partial charge < -0.3 is 19.7 Å². The van der Waals surface area contributed by atoms with Gasteiger partial charge >= 0.3 is 0 Å². The maximum absolute atomic E-state index is 12.4.